The second-order valence-electron chi connectivity index (χ2n) is 5.00. The SMILES string of the molecule is COc1ccc2cc(C(N)c3ccc(I)cc3)ccc2c1. The average molecular weight is 389 g/mol. The van der Waals surface area contributed by atoms with Gasteiger partial charge in [-0.25, -0.2) is 0 Å². The van der Waals surface area contributed by atoms with Crippen LogP contribution < -0.4 is 10.5 Å². The molecule has 0 aliphatic heterocycles. The van der Waals surface area contributed by atoms with Crippen LogP contribution >= 0.6 is 22.6 Å². The van der Waals surface area contributed by atoms with E-state index in [1.807, 2.05) is 12.1 Å². The second-order valence-corrected chi connectivity index (χ2v) is 6.25. The molecule has 0 bridgehead atoms. The molecule has 0 aliphatic rings. The van der Waals surface area contributed by atoms with E-state index >= 15 is 0 Å². The Bertz CT molecular complexity index is 768. The Kier molecular flexibility index (Phi) is 4.12. The van der Waals surface area contributed by atoms with Crippen LogP contribution in [-0.4, -0.2) is 7.11 Å². The number of hydrogen-bond donors (Lipinski definition) is 1. The van der Waals surface area contributed by atoms with E-state index in [2.05, 4.69) is 71.1 Å². The smallest absolute Gasteiger partial charge is 0.119 e. The van der Waals surface area contributed by atoms with Gasteiger partial charge in [-0.3, -0.25) is 0 Å². The van der Waals surface area contributed by atoms with E-state index in [9.17, 15) is 0 Å². The Labute approximate surface area is 138 Å². The van der Waals surface area contributed by atoms with E-state index in [1.165, 1.54) is 8.96 Å². The van der Waals surface area contributed by atoms with Crippen molar-refractivity contribution in [2.75, 3.05) is 7.11 Å². The molecule has 0 fully saturated rings. The van der Waals surface area contributed by atoms with Crippen molar-refractivity contribution in [3.8, 4) is 5.75 Å². The monoisotopic (exact) mass is 389 g/mol. The summed E-state index contributed by atoms with van der Waals surface area (Å²) in [5, 5.41) is 2.34. The quantitative estimate of drug-likeness (QED) is 0.670. The average Bonchev–Trinajstić information content (AvgIpc) is 2.54. The first-order valence-electron chi connectivity index (χ1n) is 6.76. The lowest BCUT2D eigenvalue weighted by Gasteiger charge is -2.14. The molecule has 1 atom stereocenters. The zero-order chi connectivity index (χ0) is 14.8. The molecule has 2 nitrogen and oxygen atoms in total. The summed E-state index contributed by atoms with van der Waals surface area (Å²) in [6.07, 6.45) is 0. The fourth-order valence-corrected chi connectivity index (χ4v) is 2.78. The highest BCUT2D eigenvalue weighted by molar-refractivity contribution is 14.1. The van der Waals surface area contributed by atoms with Gasteiger partial charge in [0.15, 0.2) is 0 Å². The van der Waals surface area contributed by atoms with Crippen LogP contribution in [0.25, 0.3) is 10.8 Å². The lowest BCUT2D eigenvalue weighted by molar-refractivity contribution is 0.415. The number of ether oxygens (including phenoxy) is 1. The van der Waals surface area contributed by atoms with Gasteiger partial charge in [-0.1, -0.05) is 30.3 Å². The van der Waals surface area contributed by atoms with E-state index in [0.29, 0.717) is 0 Å². The lowest BCUT2D eigenvalue weighted by Crippen LogP contribution is -2.11. The third-order valence-corrected chi connectivity index (χ3v) is 4.38. The molecule has 2 N–H and O–H groups in total. The number of fused-ring (bicyclic) bond motifs is 1. The lowest BCUT2D eigenvalue weighted by atomic mass is 9.97. The van der Waals surface area contributed by atoms with Crippen molar-refractivity contribution in [1.82, 2.24) is 0 Å². The van der Waals surface area contributed by atoms with Gasteiger partial charge in [0.2, 0.25) is 0 Å². The van der Waals surface area contributed by atoms with Gasteiger partial charge < -0.3 is 10.5 Å². The summed E-state index contributed by atoms with van der Waals surface area (Å²) in [7, 11) is 1.68. The first-order valence-corrected chi connectivity index (χ1v) is 7.84. The molecule has 3 heteroatoms. The van der Waals surface area contributed by atoms with Crippen molar-refractivity contribution in [3.05, 3.63) is 75.4 Å². The van der Waals surface area contributed by atoms with Gasteiger partial charge in [0.05, 0.1) is 13.2 Å². The Hall–Kier alpha value is -1.59. The van der Waals surface area contributed by atoms with Gasteiger partial charge in [0, 0.05) is 3.57 Å². The largest absolute Gasteiger partial charge is 0.497 e. The number of rotatable bonds is 3. The molecule has 0 aliphatic carbocycles. The predicted octanol–water partition coefficient (Wildman–Crippen LogP) is 4.50. The van der Waals surface area contributed by atoms with Crippen molar-refractivity contribution in [1.29, 1.82) is 0 Å². The highest BCUT2D eigenvalue weighted by Crippen LogP contribution is 2.26. The van der Waals surface area contributed by atoms with Crippen LogP contribution in [0.1, 0.15) is 17.2 Å². The maximum absolute atomic E-state index is 6.39. The maximum Gasteiger partial charge on any atom is 0.119 e. The van der Waals surface area contributed by atoms with Gasteiger partial charge in [0.25, 0.3) is 0 Å². The van der Waals surface area contributed by atoms with Crippen molar-refractivity contribution < 1.29 is 4.74 Å². The first kappa shape index (κ1) is 14.4. The minimum atomic E-state index is -0.103. The first-order chi connectivity index (χ1) is 10.2. The van der Waals surface area contributed by atoms with E-state index in [0.717, 1.165) is 22.3 Å². The summed E-state index contributed by atoms with van der Waals surface area (Å²) in [5.74, 6) is 0.872. The van der Waals surface area contributed by atoms with Gasteiger partial charge >= 0.3 is 0 Å². The zero-order valence-corrected chi connectivity index (χ0v) is 13.9. The predicted molar refractivity (Wildman–Crippen MR) is 95.7 cm³/mol. The van der Waals surface area contributed by atoms with Crippen LogP contribution in [-0.2, 0) is 0 Å². The minimum absolute atomic E-state index is 0.103. The minimum Gasteiger partial charge on any atom is -0.497 e. The van der Waals surface area contributed by atoms with Crippen LogP contribution in [0.4, 0.5) is 0 Å². The Morgan fingerprint density at radius 1 is 0.857 bits per heavy atom. The standard InChI is InChI=1S/C18H16INO/c1-21-17-9-6-13-10-15(3-2-14(13)11-17)18(20)12-4-7-16(19)8-5-12/h2-11,18H,20H2,1H3. The molecular formula is C18H16INO. The summed E-state index contributed by atoms with van der Waals surface area (Å²) in [5.41, 5.74) is 8.63. The summed E-state index contributed by atoms with van der Waals surface area (Å²) in [6.45, 7) is 0. The van der Waals surface area contributed by atoms with Gasteiger partial charge in [-0.15, -0.1) is 0 Å². The fraction of sp³-hybridized carbons (Fsp3) is 0.111. The third-order valence-electron chi connectivity index (χ3n) is 3.66. The number of benzene rings is 3. The molecule has 3 aromatic carbocycles. The van der Waals surface area contributed by atoms with E-state index in [4.69, 9.17) is 10.5 Å². The molecule has 0 saturated heterocycles. The Balaban J connectivity index is 1.98. The molecule has 21 heavy (non-hydrogen) atoms. The number of halogens is 1. The summed E-state index contributed by atoms with van der Waals surface area (Å²) < 4.78 is 6.47. The number of hydrogen-bond acceptors (Lipinski definition) is 2. The Morgan fingerprint density at radius 3 is 2.19 bits per heavy atom. The second kappa shape index (κ2) is 6.03. The van der Waals surface area contributed by atoms with Crippen LogP contribution in [0, 0.1) is 3.57 Å². The molecule has 106 valence electrons. The molecule has 0 saturated carbocycles. The third kappa shape index (κ3) is 3.04. The van der Waals surface area contributed by atoms with Crippen molar-refractivity contribution >= 4 is 33.4 Å². The van der Waals surface area contributed by atoms with Crippen LogP contribution in [0.15, 0.2) is 60.7 Å². The molecule has 0 amide bonds. The molecular weight excluding hydrogens is 373 g/mol. The van der Waals surface area contributed by atoms with Crippen LogP contribution in [0.5, 0.6) is 5.75 Å². The van der Waals surface area contributed by atoms with Gasteiger partial charge in [-0.2, -0.15) is 0 Å². The molecule has 0 radical (unpaired) electrons. The maximum atomic E-state index is 6.39. The number of methoxy groups -OCH3 is 1. The highest BCUT2D eigenvalue weighted by atomic mass is 127. The summed E-state index contributed by atoms with van der Waals surface area (Å²) >= 11 is 2.30. The summed E-state index contributed by atoms with van der Waals surface area (Å²) in [6, 6.07) is 20.7. The molecule has 0 aromatic heterocycles. The molecule has 0 heterocycles. The fourth-order valence-electron chi connectivity index (χ4n) is 2.43. The van der Waals surface area contributed by atoms with Crippen molar-refractivity contribution in [2.45, 2.75) is 6.04 Å². The van der Waals surface area contributed by atoms with Crippen molar-refractivity contribution in [3.63, 3.8) is 0 Å². The van der Waals surface area contributed by atoms with Crippen LogP contribution in [0.2, 0.25) is 0 Å². The normalized spacial score (nSPS) is 12.3. The van der Waals surface area contributed by atoms with E-state index in [-0.39, 0.29) is 6.04 Å². The Morgan fingerprint density at radius 2 is 1.48 bits per heavy atom. The summed E-state index contributed by atoms with van der Waals surface area (Å²) in [4.78, 5) is 0. The van der Waals surface area contributed by atoms with E-state index in [1.54, 1.807) is 7.11 Å². The molecule has 1 unspecified atom stereocenters. The molecule has 0 spiro atoms. The zero-order valence-electron chi connectivity index (χ0n) is 11.7. The number of nitrogens with two attached hydrogens (primary N) is 1. The molecule has 3 rings (SSSR count). The van der Waals surface area contributed by atoms with Crippen LogP contribution in [0.3, 0.4) is 0 Å². The molecule has 3 aromatic rings. The van der Waals surface area contributed by atoms with Gasteiger partial charge in [0.1, 0.15) is 5.75 Å². The van der Waals surface area contributed by atoms with E-state index < -0.39 is 0 Å². The highest BCUT2D eigenvalue weighted by Gasteiger charge is 2.09. The topological polar surface area (TPSA) is 35.2 Å². The van der Waals surface area contributed by atoms with Crippen molar-refractivity contribution in [2.24, 2.45) is 5.73 Å². The van der Waals surface area contributed by atoms with Gasteiger partial charge in [-0.05, 0) is 74.8 Å².